The van der Waals surface area contributed by atoms with Crippen molar-refractivity contribution in [2.45, 2.75) is 46.0 Å². The van der Waals surface area contributed by atoms with Crippen molar-refractivity contribution < 1.29 is 4.79 Å². The fourth-order valence-electron chi connectivity index (χ4n) is 4.57. The van der Waals surface area contributed by atoms with Crippen LogP contribution in [0, 0.1) is 22.7 Å². The molecule has 1 nitrogen and oxygen atoms in total. The zero-order chi connectivity index (χ0) is 9.27. The summed E-state index contributed by atoms with van der Waals surface area (Å²) >= 11 is 0. The van der Waals surface area contributed by atoms with Crippen molar-refractivity contribution in [3.63, 3.8) is 0 Å². The molecule has 3 aliphatic rings. The van der Waals surface area contributed by atoms with E-state index in [0.29, 0.717) is 22.5 Å². The summed E-state index contributed by atoms with van der Waals surface area (Å²) in [5.41, 5.74) is 0.932. The lowest BCUT2D eigenvalue weighted by Gasteiger charge is -2.41. The van der Waals surface area contributed by atoms with Gasteiger partial charge in [-0.05, 0) is 42.4 Å². The Morgan fingerprint density at radius 2 is 2.00 bits per heavy atom. The van der Waals surface area contributed by atoms with Crippen molar-refractivity contribution >= 4 is 5.78 Å². The van der Waals surface area contributed by atoms with Crippen LogP contribution in [-0.2, 0) is 4.79 Å². The molecule has 4 atom stereocenters. The minimum atomic E-state index is 0.407. The van der Waals surface area contributed by atoms with E-state index in [1.165, 1.54) is 25.7 Å². The summed E-state index contributed by atoms with van der Waals surface area (Å²) in [7, 11) is 0. The normalized spacial score (nSPS) is 58.8. The van der Waals surface area contributed by atoms with Gasteiger partial charge < -0.3 is 0 Å². The van der Waals surface area contributed by atoms with Crippen LogP contribution in [0.1, 0.15) is 46.0 Å². The van der Waals surface area contributed by atoms with Crippen LogP contribution < -0.4 is 0 Å². The summed E-state index contributed by atoms with van der Waals surface area (Å²) in [4.78, 5) is 11.8. The maximum atomic E-state index is 11.8. The van der Waals surface area contributed by atoms with Crippen LogP contribution in [0.15, 0.2) is 0 Å². The fourth-order valence-corrected chi connectivity index (χ4v) is 4.57. The van der Waals surface area contributed by atoms with Crippen LogP contribution >= 0.6 is 0 Å². The lowest BCUT2D eigenvalue weighted by atomic mass is 9.62. The molecular formula is C12H18O. The van der Waals surface area contributed by atoms with Crippen LogP contribution in [-0.4, -0.2) is 5.78 Å². The highest BCUT2D eigenvalue weighted by molar-refractivity contribution is 5.85. The van der Waals surface area contributed by atoms with Gasteiger partial charge in [-0.3, -0.25) is 4.79 Å². The van der Waals surface area contributed by atoms with Crippen molar-refractivity contribution in [3.8, 4) is 0 Å². The number of carbonyl (C=O) groups is 1. The van der Waals surface area contributed by atoms with E-state index in [0.717, 1.165) is 12.3 Å². The second kappa shape index (κ2) is 2.02. The minimum Gasteiger partial charge on any atom is -0.299 e. The molecule has 0 amide bonds. The molecule has 0 aromatic heterocycles. The predicted octanol–water partition coefficient (Wildman–Crippen LogP) is 2.79. The zero-order valence-electron chi connectivity index (χ0n) is 8.60. The van der Waals surface area contributed by atoms with Crippen LogP contribution in [0.5, 0.6) is 0 Å². The van der Waals surface area contributed by atoms with Crippen molar-refractivity contribution in [1.82, 2.24) is 0 Å². The van der Waals surface area contributed by atoms with E-state index in [4.69, 9.17) is 0 Å². The Morgan fingerprint density at radius 1 is 1.23 bits per heavy atom. The second-order valence-electron chi connectivity index (χ2n) is 5.97. The SMILES string of the molecule is CC12CCC3C(=O)CC1C3(C)CC2. The first-order valence-electron chi connectivity index (χ1n) is 5.59. The highest BCUT2D eigenvalue weighted by Crippen LogP contribution is 2.69. The summed E-state index contributed by atoms with van der Waals surface area (Å²) in [6, 6.07) is 0. The molecule has 0 aromatic carbocycles. The van der Waals surface area contributed by atoms with Gasteiger partial charge in [0.15, 0.2) is 0 Å². The monoisotopic (exact) mass is 178 g/mol. The standard InChI is InChI=1S/C12H18O/c1-11-4-3-8-9(13)7-10(11)12(8,2)6-5-11/h8,10H,3-7H2,1-2H3. The molecule has 0 aliphatic heterocycles. The Morgan fingerprint density at radius 3 is 2.69 bits per heavy atom. The van der Waals surface area contributed by atoms with E-state index >= 15 is 0 Å². The minimum absolute atomic E-state index is 0.407. The van der Waals surface area contributed by atoms with E-state index < -0.39 is 0 Å². The molecule has 3 saturated carbocycles. The highest BCUT2D eigenvalue weighted by Gasteiger charge is 2.64. The lowest BCUT2D eigenvalue weighted by Crippen LogP contribution is -2.36. The maximum Gasteiger partial charge on any atom is 0.136 e. The van der Waals surface area contributed by atoms with Gasteiger partial charge >= 0.3 is 0 Å². The number of Topliss-reactive ketones (excluding diaryl/α,β-unsaturated/α-hetero) is 1. The molecule has 3 rings (SSSR count). The molecule has 0 aromatic rings. The number of carbonyl (C=O) groups excluding carboxylic acids is 1. The second-order valence-corrected chi connectivity index (χ2v) is 5.97. The maximum absolute atomic E-state index is 11.8. The number of ketones is 1. The molecule has 4 unspecified atom stereocenters. The van der Waals surface area contributed by atoms with Crippen LogP contribution in [0.4, 0.5) is 0 Å². The van der Waals surface area contributed by atoms with E-state index in [1.54, 1.807) is 0 Å². The predicted molar refractivity (Wildman–Crippen MR) is 51.3 cm³/mol. The molecule has 72 valence electrons. The largest absolute Gasteiger partial charge is 0.299 e. The molecular weight excluding hydrogens is 160 g/mol. The Bertz CT molecular complexity index is 283. The van der Waals surface area contributed by atoms with E-state index in [1.807, 2.05) is 0 Å². The third-order valence-electron chi connectivity index (χ3n) is 5.47. The lowest BCUT2D eigenvalue weighted by molar-refractivity contribution is -0.122. The Labute approximate surface area is 79.9 Å². The van der Waals surface area contributed by atoms with Crippen molar-refractivity contribution in [2.24, 2.45) is 22.7 Å². The third-order valence-corrected chi connectivity index (χ3v) is 5.47. The summed E-state index contributed by atoms with van der Waals surface area (Å²) in [6.45, 7) is 4.79. The molecule has 0 spiro atoms. The molecule has 0 radical (unpaired) electrons. The first-order chi connectivity index (χ1) is 6.06. The van der Waals surface area contributed by atoms with Gasteiger partial charge in [0.2, 0.25) is 0 Å². The van der Waals surface area contributed by atoms with Crippen LogP contribution in [0.25, 0.3) is 0 Å². The average Bonchev–Trinajstić information content (AvgIpc) is 2.36. The molecule has 3 fully saturated rings. The fraction of sp³-hybridized carbons (Fsp3) is 0.917. The number of rotatable bonds is 0. The molecule has 0 saturated heterocycles. The van der Waals surface area contributed by atoms with Crippen molar-refractivity contribution in [1.29, 1.82) is 0 Å². The molecule has 0 heterocycles. The summed E-state index contributed by atoms with van der Waals surface area (Å²) in [5, 5.41) is 0. The quantitative estimate of drug-likeness (QED) is 0.557. The smallest absolute Gasteiger partial charge is 0.136 e. The van der Waals surface area contributed by atoms with Gasteiger partial charge in [0.05, 0.1) is 0 Å². The van der Waals surface area contributed by atoms with E-state index in [9.17, 15) is 4.79 Å². The van der Waals surface area contributed by atoms with Crippen LogP contribution in [0.2, 0.25) is 0 Å². The van der Waals surface area contributed by atoms with Gasteiger partial charge in [0, 0.05) is 12.3 Å². The van der Waals surface area contributed by atoms with Gasteiger partial charge in [-0.15, -0.1) is 0 Å². The summed E-state index contributed by atoms with van der Waals surface area (Å²) < 4.78 is 0. The number of hydrogen-bond acceptors (Lipinski definition) is 1. The van der Waals surface area contributed by atoms with Gasteiger partial charge in [-0.2, -0.15) is 0 Å². The van der Waals surface area contributed by atoms with Crippen LogP contribution in [0.3, 0.4) is 0 Å². The summed E-state index contributed by atoms with van der Waals surface area (Å²) in [5.74, 6) is 1.75. The average molecular weight is 178 g/mol. The highest BCUT2D eigenvalue weighted by atomic mass is 16.1. The molecule has 1 heteroatoms. The van der Waals surface area contributed by atoms with E-state index in [-0.39, 0.29) is 0 Å². The van der Waals surface area contributed by atoms with Gasteiger partial charge in [-0.1, -0.05) is 13.8 Å². The Hall–Kier alpha value is -0.330. The van der Waals surface area contributed by atoms with Crippen molar-refractivity contribution in [2.75, 3.05) is 0 Å². The molecule has 3 aliphatic carbocycles. The Kier molecular flexibility index (Phi) is 1.24. The summed E-state index contributed by atoms with van der Waals surface area (Å²) in [6.07, 6.45) is 6.08. The topological polar surface area (TPSA) is 17.1 Å². The Balaban J connectivity index is 2.12. The van der Waals surface area contributed by atoms with Gasteiger partial charge in [-0.25, -0.2) is 0 Å². The molecule has 4 bridgehead atoms. The first kappa shape index (κ1) is 8.02. The zero-order valence-corrected chi connectivity index (χ0v) is 8.60. The number of hydrogen-bond donors (Lipinski definition) is 0. The first-order valence-corrected chi connectivity index (χ1v) is 5.59. The van der Waals surface area contributed by atoms with E-state index in [2.05, 4.69) is 13.8 Å². The van der Waals surface area contributed by atoms with Crippen molar-refractivity contribution in [3.05, 3.63) is 0 Å². The van der Waals surface area contributed by atoms with Gasteiger partial charge in [0.25, 0.3) is 0 Å². The van der Waals surface area contributed by atoms with Gasteiger partial charge in [0.1, 0.15) is 5.78 Å². The molecule has 13 heavy (non-hydrogen) atoms. The third kappa shape index (κ3) is 0.730. The molecule has 0 N–H and O–H groups in total.